The second kappa shape index (κ2) is 4.13. The normalized spacial score (nSPS) is 8.67. The van der Waals surface area contributed by atoms with Crippen LogP contribution in [0.4, 0.5) is 0 Å². The fourth-order valence-electron chi connectivity index (χ4n) is 0.301. The van der Waals surface area contributed by atoms with Crippen molar-refractivity contribution in [3.63, 3.8) is 0 Å². The Morgan fingerprint density at radius 2 is 2.22 bits per heavy atom. The van der Waals surface area contributed by atoms with Gasteiger partial charge in [0.1, 0.15) is 0 Å². The smallest absolute Gasteiger partial charge is 0.302 e. The van der Waals surface area contributed by atoms with Crippen LogP contribution < -0.4 is 0 Å². The predicted octanol–water partition coefficient (Wildman–Crippen LogP) is 1.33. The molecule has 0 bridgehead atoms. The molecule has 0 atom stereocenters. The maximum Gasteiger partial charge on any atom is 0.302 e. The van der Waals surface area contributed by atoms with E-state index in [1.807, 2.05) is 6.92 Å². The molecule has 0 aliphatic heterocycles. The van der Waals surface area contributed by atoms with Crippen molar-refractivity contribution in [1.82, 2.24) is 0 Å². The van der Waals surface area contributed by atoms with Crippen LogP contribution in [-0.4, -0.2) is 12.6 Å². The van der Waals surface area contributed by atoms with E-state index < -0.39 is 0 Å². The third-order valence-corrected chi connectivity index (χ3v) is 0.718. The van der Waals surface area contributed by atoms with Crippen LogP contribution in [0.5, 0.6) is 0 Å². The molecule has 0 heterocycles. The molecule has 0 aromatic rings. The molecule has 0 amide bonds. The minimum absolute atomic E-state index is 0.257. The fourth-order valence-corrected chi connectivity index (χ4v) is 0.301. The van der Waals surface area contributed by atoms with Crippen LogP contribution in [-0.2, 0) is 9.53 Å². The largest absolute Gasteiger partial charge is 0.465 e. The van der Waals surface area contributed by atoms with E-state index in [0.717, 1.165) is 5.57 Å². The Kier molecular flexibility index (Phi) is 3.76. The third-order valence-electron chi connectivity index (χ3n) is 0.718. The lowest BCUT2D eigenvalue weighted by Crippen LogP contribution is -2.00. The second-order valence-electron chi connectivity index (χ2n) is 1.85. The maximum absolute atomic E-state index is 10.2. The first kappa shape index (κ1) is 8.21. The summed E-state index contributed by atoms with van der Waals surface area (Å²) in [6.07, 6.45) is 1.75. The van der Waals surface area contributed by atoms with Crippen molar-refractivity contribution in [2.24, 2.45) is 0 Å². The summed E-state index contributed by atoms with van der Waals surface area (Å²) in [6.45, 7) is 7.17. The number of carbonyl (C=O) groups excluding carboxylic acids is 1. The van der Waals surface area contributed by atoms with E-state index in [0.29, 0.717) is 6.61 Å². The van der Waals surface area contributed by atoms with Crippen molar-refractivity contribution in [2.45, 2.75) is 13.8 Å². The van der Waals surface area contributed by atoms with Crippen LogP contribution in [0.15, 0.2) is 12.2 Å². The Hall–Kier alpha value is -0.790. The molecule has 0 aromatic heterocycles. The highest BCUT2D eigenvalue weighted by molar-refractivity contribution is 5.66. The Balaban J connectivity index is 3.10. The minimum Gasteiger partial charge on any atom is -0.465 e. The van der Waals surface area contributed by atoms with Gasteiger partial charge >= 0.3 is 5.97 Å². The molecule has 0 aliphatic rings. The topological polar surface area (TPSA) is 26.3 Å². The zero-order valence-electron chi connectivity index (χ0n) is 5.81. The zero-order chi connectivity index (χ0) is 7.28. The van der Waals surface area contributed by atoms with Gasteiger partial charge < -0.3 is 4.74 Å². The van der Waals surface area contributed by atoms with E-state index in [-0.39, 0.29) is 5.97 Å². The first-order valence-corrected chi connectivity index (χ1v) is 2.75. The molecule has 0 unspecified atom stereocenters. The monoisotopic (exact) mass is 127 g/mol. The van der Waals surface area contributed by atoms with Gasteiger partial charge in [0.15, 0.2) is 0 Å². The van der Waals surface area contributed by atoms with Crippen LogP contribution in [0.3, 0.4) is 0 Å². The van der Waals surface area contributed by atoms with E-state index in [1.165, 1.54) is 6.92 Å². The van der Waals surface area contributed by atoms with Gasteiger partial charge in [0.05, 0.1) is 6.61 Å². The van der Waals surface area contributed by atoms with Gasteiger partial charge in [-0.05, 0) is 6.92 Å². The van der Waals surface area contributed by atoms with Crippen LogP contribution in [0.2, 0.25) is 0 Å². The molecule has 0 fully saturated rings. The molecule has 0 aliphatic carbocycles. The lowest BCUT2D eigenvalue weighted by atomic mass is 10.3. The van der Waals surface area contributed by atoms with Crippen molar-refractivity contribution in [3.8, 4) is 0 Å². The number of hydrogen-bond acceptors (Lipinski definition) is 2. The Labute approximate surface area is 55.5 Å². The molecule has 2 heteroatoms. The van der Waals surface area contributed by atoms with Gasteiger partial charge in [-0.15, -0.1) is 0 Å². The molecular formula is C7H11O2. The van der Waals surface area contributed by atoms with Crippen molar-refractivity contribution in [1.29, 1.82) is 0 Å². The molecule has 0 saturated heterocycles. The molecular weight excluding hydrogens is 116 g/mol. The van der Waals surface area contributed by atoms with E-state index in [2.05, 4.69) is 11.3 Å². The van der Waals surface area contributed by atoms with E-state index in [4.69, 9.17) is 0 Å². The lowest BCUT2D eigenvalue weighted by Gasteiger charge is -1.98. The number of hydrogen-bond donors (Lipinski definition) is 0. The zero-order valence-corrected chi connectivity index (χ0v) is 5.81. The van der Waals surface area contributed by atoms with E-state index in [1.54, 1.807) is 6.42 Å². The number of esters is 1. The SMILES string of the molecule is C=C(C)[CH]COC(C)=O. The summed E-state index contributed by atoms with van der Waals surface area (Å²) in [5.74, 6) is -0.257. The highest BCUT2D eigenvalue weighted by Crippen LogP contribution is 1.92. The van der Waals surface area contributed by atoms with Crippen LogP contribution >= 0.6 is 0 Å². The van der Waals surface area contributed by atoms with Gasteiger partial charge in [0, 0.05) is 13.3 Å². The molecule has 2 nitrogen and oxygen atoms in total. The molecule has 0 saturated carbocycles. The Morgan fingerprint density at radius 1 is 1.67 bits per heavy atom. The lowest BCUT2D eigenvalue weighted by molar-refractivity contribution is -0.139. The van der Waals surface area contributed by atoms with Gasteiger partial charge in [0.25, 0.3) is 0 Å². The molecule has 0 rings (SSSR count). The number of rotatable bonds is 3. The fraction of sp³-hybridized carbons (Fsp3) is 0.429. The van der Waals surface area contributed by atoms with Gasteiger partial charge in [-0.25, -0.2) is 0 Å². The molecule has 0 N–H and O–H groups in total. The second-order valence-corrected chi connectivity index (χ2v) is 1.85. The summed E-state index contributed by atoms with van der Waals surface area (Å²) >= 11 is 0. The van der Waals surface area contributed by atoms with E-state index in [9.17, 15) is 4.79 Å². The van der Waals surface area contributed by atoms with Crippen LogP contribution in [0.25, 0.3) is 0 Å². The average Bonchev–Trinajstić information content (AvgIpc) is 1.63. The molecule has 0 spiro atoms. The summed E-state index contributed by atoms with van der Waals surface area (Å²) in [5, 5.41) is 0. The van der Waals surface area contributed by atoms with Crippen molar-refractivity contribution in [2.75, 3.05) is 6.61 Å². The molecule has 0 aromatic carbocycles. The summed E-state index contributed by atoms with van der Waals surface area (Å²) in [5.41, 5.74) is 0.913. The standard InChI is InChI=1S/C7H11O2/c1-6(2)4-5-9-7(3)8/h4H,1,5H2,2-3H3. The van der Waals surface area contributed by atoms with Gasteiger partial charge in [0.2, 0.25) is 0 Å². The first-order chi connectivity index (χ1) is 4.13. The summed E-state index contributed by atoms with van der Waals surface area (Å²) in [4.78, 5) is 10.2. The predicted molar refractivity (Wildman–Crippen MR) is 35.7 cm³/mol. The average molecular weight is 127 g/mol. The Morgan fingerprint density at radius 3 is 2.56 bits per heavy atom. The third kappa shape index (κ3) is 7.21. The quantitative estimate of drug-likeness (QED) is 0.534. The molecule has 9 heavy (non-hydrogen) atoms. The summed E-state index contributed by atoms with van der Waals surface area (Å²) in [6, 6.07) is 0. The Bertz CT molecular complexity index is 102. The van der Waals surface area contributed by atoms with E-state index >= 15 is 0 Å². The number of carbonyl (C=O) groups is 1. The van der Waals surface area contributed by atoms with Crippen LogP contribution in [0, 0.1) is 6.42 Å². The highest BCUT2D eigenvalue weighted by Gasteiger charge is 1.91. The maximum atomic E-state index is 10.2. The minimum atomic E-state index is -0.257. The van der Waals surface area contributed by atoms with Crippen molar-refractivity contribution < 1.29 is 9.53 Å². The summed E-state index contributed by atoms with van der Waals surface area (Å²) in [7, 11) is 0. The molecule has 51 valence electrons. The van der Waals surface area contributed by atoms with Gasteiger partial charge in [-0.3, -0.25) is 4.79 Å². The highest BCUT2D eigenvalue weighted by atomic mass is 16.5. The van der Waals surface area contributed by atoms with Crippen LogP contribution in [0.1, 0.15) is 13.8 Å². The number of ether oxygens (including phenoxy) is 1. The van der Waals surface area contributed by atoms with Crippen molar-refractivity contribution >= 4 is 5.97 Å². The first-order valence-electron chi connectivity index (χ1n) is 2.75. The van der Waals surface area contributed by atoms with Crippen molar-refractivity contribution in [3.05, 3.63) is 18.6 Å². The van der Waals surface area contributed by atoms with Gasteiger partial charge in [-0.1, -0.05) is 12.2 Å². The van der Waals surface area contributed by atoms with Gasteiger partial charge in [-0.2, -0.15) is 0 Å². The molecule has 1 radical (unpaired) electrons. The summed E-state index contributed by atoms with van der Waals surface area (Å²) < 4.78 is 4.60.